The topological polar surface area (TPSA) is 78.4 Å². The summed E-state index contributed by atoms with van der Waals surface area (Å²) in [5.41, 5.74) is 0. The van der Waals surface area contributed by atoms with Crippen molar-refractivity contribution in [3.8, 4) is 0 Å². The number of carbonyl (C=O) groups excluding carboxylic acids is 1. The molecule has 0 unspecified atom stereocenters. The number of amides is 1. The third-order valence-electron chi connectivity index (χ3n) is 4.72. The molecular formula is C24H44N2O3. The van der Waals surface area contributed by atoms with Gasteiger partial charge in [-0.25, -0.2) is 0 Å². The predicted molar refractivity (Wildman–Crippen MR) is 122 cm³/mol. The summed E-state index contributed by atoms with van der Waals surface area (Å²) in [6.07, 6.45) is 23.8. The molecule has 0 heterocycles. The molecule has 3 N–H and O–H groups in total. The first-order chi connectivity index (χ1) is 14.2. The minimum Gasteiger partial charge on any atom is -0.481 e. The fraction of sp³-hybridized carbons (Fsp3) is 0.750. The number of carboxylic acids is 1. The Morgan fingerprint density at radius 3 is 2.07 bits per heavy atom. The van der Waals surface area contributed by atoms with Crippen molar-refractivity contribution in [2.24, 2.45) is 0 Å². The molecule has 0 atom stereocenters. The lowest BCUT2D eigenvalue weighted by atomic mass is 10.1. The van der Waals surface area contributed by atoms with E-state index in [1.807, 2.05) is 0 Å². The molecule has 0 aliphatic heterocycles. The van der Waals surface area contributed by atoms with Crippen LogP contribution in [0.25, 0.3) is 0 Å². The molecule has 0 aromatic carbocycles. The quantitative estimate of drug-likeness (QED) is 0.176. The molecule has 0 radical (unpaired) electrons. The zero-order valence-corrected chi connectivity index (χ0v) is 18.6. The van der Waals surface area contributed by atoms with E-state index in [0.29, 0.717) is 19.5 Å². The molecule has 0 spiro atoms. The van der Waals surface area contributed by atoms with E-state index in [4.69, 9.17) is 5.11 Å². The van der Waals surface area contributed by atoms with Crippen LogP contribution in [0.4, 0.5) is 0 Å². The second-order valence-corrected chi connectivity index (χ2v) is 7.58. The van der Waals surface area contributed by atoms with E-state index < -0.39 is 5.97 Å². The number of nitrogens with one attached hydrogen (secondary N) is 2. The maximum atomic E-state index is 11.7. The summed E-state index contributed by atoms with van der Waals surface area (Å²) in [7, 11) is 0. The predicted octanol–water partition coefficient (Wildman–Crippen LogP) is 5.37. The Morgan fingerprint density at radius 1 is 0.724 bits per heavy atom. The molecule has 1 amide bonds. The number of allylic oxidation sites excluding steroid dienone is 4. The van der Waals surface area contributed by atoms with E-state index in [1.165, 1.54) is 44.9 Å². The van der Waals surface area contributed by atoms with Crippen LogP contribution in [-0.4, -0.2) is 36.6 Å². The zero-order chi connectivity index (χ0) is 21.4. The van der Waals surface area contributed by atoms with Crippen LogP contribution >= 0.6 is 0 Å². The summed E-state index contributed by atoms with van der Waals surface area (Å²) in [4.78, 5) is 22.1. The zero-order valence-electron chi connectivity index (χ0n) is 18.6. The van der Waals surface area contributed by atoms with Gasteiger partial charge in [-0.05, 0) is 51.5 Å². The third kappa shape index (κ3) is 24.3. The lowest BCUT2D eigenvalue weighted by Gasteiger charge is -2.06. The van der Waals surface area contributed by atoms with Crippen molar-refractivity contribution in [3.63, 3.8) is 0 Å². The van der Waals surface area contributed by atoms with Gasteiger partial charge < -0.3 is 15.7 Å². The molecule has 0 saturated heterocycles. The summed E-state index contributed by atoms with van der Waals surface area (Å²) in [5, 5.41) is 14.5. The molecule has 29 heavy (non-hydrogen) atoms. The second-order valence-electron chi connectivity index (χ2n) is 7.58. The Balaban J connectivity index is 3.28. The maximum Gasteiger partial charge on any atom is 0.304 e. The van der Waals surface area contributed by atoms with E-state index in [-0.39, 0.29) is 12.3 Å². The van der Waals surface area contributed by atoms with Crippen LogP contribution in [0.2, 0.25) is 0 Å². The van der Waals surface area contributed by atoms with E-state index >= 15 is 0 Å². The highest BCUT2D eigenvalue weighted by Gasteiger charge is 2.00. The minimum absolute atomic E-state index is 0.126. The van der Waals surface area contributed by atoms with Crippen molar-refractivity contribution in [3.05, 3.63) is 24.3 Å². The monoisotopic (exact) mass is 408 g/mol. The van der Waals surface area contributed by atoms with Crippen LogP contribution in [0.1, 0.15) is 96.8 Å². The van der Waals surface area contributed by atoms with E-state index in [0.717, 1.165) is 38.6 Å². The van der Waals surface area contributed by atoms with E-state index in [2.05, 4.69) is 41.9 Å². The van der Waals surface area contributed by atoms with Gasteiger partial charge in [0.1, 0.15) is 0 Å². The molecule has 0 aliphatic carbocycles. The molecule has 0 rings (SSSR count). The number of aliphatic carboxylic acids is 1. The van der Waals surface area contributed by atoms with Crippen molar-refractivity contribution in [2.75, 3.05) is 19.6 Å². The minimum atomic E-state index is -0.789. The SMILES string of the molecule is CCCCC/C=C\C/C=C\CCCCCCCC(=O)NCCCNCCC(=O)O. The smallest absolute Gasteiger partial charge is 0.304 e. The summed E-state index contributed by atoms with van der Waals surface area (Å²) < 4.78 is 0. The molecule has 5 heteroatoms. The van der Waals surface area contributed by atoms with Gasteiger partial charge in [0.15, 0.2) is 0 Å². The first kappa shape index (κ1) is 27.4. The molecule has 0 aromatic rings. The van der Waals surface area contributed by atoms with Crippen molar-refractivity contribution in [1.82, 2.24) is 10.6 Å². The van der Waals surface area contributed by atoms with Gasteiger partial charge in [-0.1, -0.05) is 63.3 Å². The first-order valence-electron chi connectivity index (χ1n) is 11.7. The largest absolute Gasteiger partial charge is 0.481 e. The van der Waals surface area contributed by atoms with Crippen LogP contribution < -0.4 is 10.6 Å². The van der Waals surface area contributed by atoms with Gasteiger partial charge in [0.25, 0.3) is 0 Å². The average Bonchev–Trinajstić information content (AvgIpc) is 2.70. The number of hydrogen-bond donors (Lipinski definition) is 3. The molecule has 5 nitrogen and oxygen atoms in total. The number of rotatable bonds is 21. The normalized spacial score (nSPS) is 11.5. The summed E-state index contributed by atoms with van der Waals surface area (Å²) in [5.74, 6) is -0.663. The van der Waals surface area contributed by atoms with Crippen LogP contribution in [-0.2, 0) is 9.59 Å². The van der Waals surface area contributed by atoms with Crippen molar-refractivity contribution >= 4 is 11.9 Å². The lowest BCUT2D eigenvalue weighted by Crippen LogP contribution is -2.27. The Morgan fingerprint density at radius 2 is 1.38 bits per heavy atom. The Hall–Kier alpha value is -1.62. The van der Waals surface area contributed by atoms with Crippen LogP contribution in [0.3, 0.4) is 0 Å². The Labute approximate surface area is 178 Å². The lowest BCUT2D eigenvalue weighted by molar-refractivity contribution is -0.136. The van der Waals surface area contributed by atoms with Gasteiger partial charge in [0.2, 0.25) is 5.91 Å². The summed E-state index contributed by atoms with van der Waals surface area (Å²) in [6, 6.07) is 0. The van der Waals surface area contributed by atoms with Gasteiger partial charge in [0, 0.05) is 19.5 Å². The fourth-order valence-electron chi connectivity index (χ4n) is 2.95. The van der Waals surface area contributed by atoms with Gasteiger partial charge in [0.05, 0.1) is 6.42 Å². The highest BCUT2D eigenvalue weighted by Crippen LogP contribution is 2.08. The highest BCUT2D eigenvalue weighted by molar-refractivity contribution is 5.75. The number of carboxylic acid groups (broad SMARTS) is 1. The maximum absolute atomic E-state index is 11.7. The van der Waals surface area contributed by atoms with Crippen molar-refractivity contribution < 1.29 is 14.7 Å². The van der Waals surface area contributed by atoms with Gasteiger partial charge in [-0.3, -0.25) is 9.59 Å². The molecule has 168 valence electrons. The third-order valence-corrected chi connectivity index (χ3v) is 4.72. The van der Waals surface area contributed by atoms with Crippen LogP contribution in [0, 0.1) is 0 Å². The van der Waals surface area contributed by atoms with Crippen LogP contribution in [0.15, 0.2) is 24.3 Å². The molecule has 0 aromatic heterocycles. The van der Waals surface area contributed by atoms with Gasteiger partial charge in [-0.15, -0.1) is 0 Å². The molecule has 0 aliphatic rings. The fourth-order valence-corrected chi connectivity index (χ4v) is 2.95. The average molecular weight is 409 g/mol. The number of carbonyl (C=O) groups is 2. The van der Waals surface area contributed by atoms with Gasteiger partial charge >= 0.3 is 5.97 Å². The Kier molecular flexibility index (Phi) is 21.4. The molecule has 0 bridgehead atoms. The first-order valence-corrected chi connectivity index (χ1v) is 11.7. The molecule has 0 fully saturated rings. The number of hydrogen-bond acceptors (Lipinski definition) is 3. The summed E-state index contributed by atoms with van der Waals surface area (Å²) >= 11 is 0. The standard InChI is InChI=1S/C24H44N2O3/c1-2-3-4-5-6-7-8-9-10-11-12-13-14-15-16-18-23(27)26-21-17-20-25-22-19-24(28)29/h6-7,9-10,25H,2-5,8,11-22H2,1H3,(H,26,27)(H,28,29)/b7-6-,10-9-. The molecule has 0 saturated carbocycles. The number of unbranched alkanes of at least 4 members (excludes halogenated alkanes) is 8. The summed E-state index contributed by atoms with van der Waals surface area (Å²) in [6.45, 7) is 4.10. The van der Waals surface area contributed by atoms with E-state index in [1.54, 1.807) is 0 Å². The van der Waals surface area contributed by atoms with Crippen molar-refractivity contribution in [1.29, 1.82) is 0 Å². The van der Waals surface area contributed by atoms with Gasteiger partial charge in [-0.2, -0.15) is 0 Å². The molecular weight excluding hydrogens is 364 g/mol. The Bertz CT molecular complexity index is 447. The van der Waals surface area contributed by atoms with Crippen LogP contribution in [0.5, 0.6) is 0 Å². The second kappa shape index (κ2) is 22.7. The highest BCUT2D eigenvalue weighted by atomic mass is 16.4. The van der Waals surface area contributed by atoms with Crippen molar-refractivity contribution in [2.45, 2.75) is 96.8 Å². The van der Waals surface area contributed by atoms with E-state index in [9.17, 15) is 9.59 Å².